The standard InChI is InChI=1S/C32H33FN8/c1-4-7-27(23-10-21(15-34-3)12-26(33)13-23)29-20(2)37-32(38-29)30-28-14-25(18-36-31(28)40-39-30)24-11-22(16-35-17-24)19-41-8-5-6-9-41/h4,7,10-14,16-18,34H,1,5-6,8-9,15,19H2,2-3H3,(H,37,38)(H,36,39,40)/b27-7-. The molecule has 0 spiro atoms. The first-order valence-corrected chi connectivity index (χ1v) is 13.9. The van der Waals surface area contributed by atoms with E-state index in [-0.39, 0.29) is 5.82 Å². The summed E-state index contributed by atoms with van der Waals surface area (Å²) in [5, 5.41) is 11.5. The van der Waals surface area contributed by atoms with Gasteiger partial charge in [-0.1, -0.05) is 18.7 Å². The van der Waals surface area contributed by atoms with Gasteiger partial charge in [0.05, 0.1) is 11.1 Å². The molecular formula is C32H33FN8. The molecule has 9 heteroatoms. The van der Waals surface area contributed by atoms with Crippen LogP contribution in [0.25, 0.3) is 39.3 Å². The topological polar surface area (TPSA) is 98.4 Å². The SMILES string of the molecule is C=C/C=C(/c1cc(F)cc(CNC)c1)c1nc(-c2[nH]nc3ncc(-c4cncc(CN5CCCC5)c4)cc23)[nH]c1C. The molecule has 0 unspecified atom stereocenters. The summed E-state index contributed by atoms with van der Waals surface area (Å²) in [5.41, 5.74) is 8.43. The Morgan fingerprint density at radius 2 is 1.90 bits per heavy atom. The fraction of sp³-hybridized carbons (Fsp3) is 0.250. The molecule has 3 N–H and O–H groups in total. The summed E-state index contributed by atoms with van der Waals surface area (Å²) in [6, 6.07) is 9.29. The number of benzene rings is 1. The monoisotopic (exact) mass is 548 g/mol. The van der Waals surface area contributed by atoms with Crippen LogP contribution in [-0.2, 0) is 13.1 Å². The Labute approximate surface area is 238 Å². The van der Waals surface area contributed by atoms with Crippen molar-refractivity contribution in [3.63, 3.8) is 0 Å². The van der Waals surface area contributed by atoms with E-state index in [9.17, 15) is 4.39 Å². The molecule has 0 aliphatic carbocycles. The number of likely N-dealkylation sites (tertiary alicyclic amines) is 1. The van der Waals surface area contributed by atoms with Crippen molar-refractivity contribution in [2.45, 2.75) is 32.9 Å². The highest BCUT2D eigenvalue weighted by Gasteiger charge is 2.19. The van der Waals surface area contributed by atoms with Crippen LogP contribution in [0.3, 0.4) is 0 Å². The van der Waals surface area contributed by atoms with Crippen LogP contribution in [0.15, 0.2) is 67.7 Å². The number of imidazole rings is 1. The van der Waals surface area contributed by atoms with Crippen molar-refractivity contribution in [3.8, 4) is 22.6 Å². The van der Waals surface area contributed by atoms with Crippen LogP contribution in [0.2, 0.25) is 0 Å². The fourth-order valence-electron chi connectivity index (χ4n) is 5.55. The van der Waals surface area contributed by atoms with Crippen molar-refractivity contribution in [1.29, 1.82) is 0 Å². The molecular weight excluding hydrogens is 515 g/mol. The highest BCUT2D eigenvalue weighted by molar-refractivity contribution is 5.92. The number of halogens is 1. The molecule has 0 atom stereocenters. The van der Waals surface area contributed by atoms with E-state index in [0.29, 0.717) is 23.7 Å². The van der Waals surface area contributed by atoms with Gasteiger partial charge in [0, 0.05) is 54.1 Å². The van der Waals surface area contributed by atoms with E-state index >= 15 is 0 Å². The number of fused-ring (bicyclic) bond motifs is 1. The number of aryl methyl sites for hydroxylation is 1. The largest absolute Gasteiger partial charge is 0.340 e. The predicted octanol–water partition coefficient (Wildman–Crippen LogP) is 5.79. The number of hydrogen-bond acceptors (Lipinski definition) is 6. The van der Waals surface area contributed by atoms with Crippen LogP contribution in [-0.4, -0.2) is 55.2 Å². The van der Waals surface area contributed by atoms with Gasteiger partial charge < -0.3 is 10.3 Å². The van der Waals surface area contributed by atoms with Gasteiger partial charge in [-0.05, 0) is 86.9 Å². The Kier molecular flexibility index (Phi) is 7.54. The lowest BCUT2D eigenvalue weighted by molar-refractivity contribution is 0.331. The first-order chi connectivity index (χ1) is 20.0. The third-order valence-corrected chi connectivity index (χ3v) is 7.45. The van der Waals surface area contributed by atoms with Crippen molar-refractivity contribution < 1.29 is 4.39 Å². The minimum Gasteiger partial charge on any atom is -0.340 e. The molecule has 1 aliphatic rings. The second kappa shape index (κ2) is 11.6. The van der Waals surface area contributed by atoms with Gasteiger partial charge in [-0.25, -0.2) is 14.4 Å². The normalized spacial score (nSPS) is 14.3. The molecule has 0 bridgehead atoms. The Hall–Kier alpha value is -4.47. The van der Waals surface area contributed by atoms with Crippen molar-refractivity contribution in [2.75, 3.05) is 20.1 Å². The summed E-state index contributed by atoms with van der Waals surface area (Å²) in [6.45, 7) is 9.58. The van der Waals surface area contributed by atoms with E-state index < -0.39 is 0 Å². The van der Waals surface area contributed by atoms with Gasteiger partial charge in [-0.15, -0.1) is 0 Å². The lowest BCUT2D eigenvalue weighted by Gasteiger charge is -2.14. The number of pyridine rings is 2. The molecule has 41 heavy (non-hydrogen) atoms. The first kappa shape index (κ1) is 26.7. The van der Waals surface area contributed by atoms with Crippen LogP contribution in [0.1, 0.15) is 40.9 Å². The molecule has 6 rings (SSSR count). The van der Waals surface area contributed by atoms with E-state index in [1.54, 1.807) is 6.08 Å². The number of aromatic amines is 2. The zero-order chi connectivity index (χ0) is 28.3. The van der Waals surface area contributed by atoms with E-state index in [2.05, 4.69) is 54.1 Å². The predicted molar refractivity (Wildman–Crippen MR) is 160 cm³/mol. The summed E-state index contributed by atoms with van der Waals surface area (Å²) < 4.78 is 14.5. The molecule has 0 amide bonds. The zero-order valence-electron chi connectivity index (χ0n) is 23.3. The smallest absolute Gasteiger partial charge is 0.181 e. The Balaban J connectivity index is 1.36. The molecule has 1 saturated heterocycles. The van der Waals surface area contributed by atoms with Crippen molar-refractivity contribution >= 4 is 16.6 Å². The summed E-state index contributed by atoms with van der Waals surface area (Å²) in [7, 11) is 1.84. The van der Waals surface area contributed by atoms with Crippen LogP contribution in [0.4, 0.5) is 4.39 Å². The maximum Gasteiger partial charge on any atom is 0.181 e. The van der Waals surface area contributed by atoms with Crippen LogP contribution >= 0.6 is 0 Å². The summed E-state index contributed by atoms with van der Waals surface area (Å²) in [4.78, 5) is 20.0. The number of H-pyrrole nitrogens is 2. The quantitative estimate of drug-likeness (QED) is 0.202. The highest BCUT2D eigenvalue weighted by atomic mass is 19.1. The molecule has 0 saturated carbocycles. The third kappa shape index (κ3) is 5.59. The number of rotatable bonds is 9. The van der Waals surface area contributed by atoms with Gasteiger partial charge in [0.25, 0.3) is 0 Å². The van der Waals surface area contributed by atoms with Gasteiger partial charge in [0.2, 0.25) is 0 Å². The fourth-order valence-corrected chi connectivity index (χ4v) is 5.55. The molecule has 5 heterocycles. The minimum atomic E-state index is -0.298. The van der Waals surface area contributed by atoms with E-state index in [1.165, 1.54) is 30.5 Å². The second-order valence-corrected chi connectivity index (χ2v) is 10.5. The molecule has 208 valence electrons. The van der Waals surface area contributed by atoms with Crippen molar-refractivity contribution in [1.82, 2.24) is 40.3 Å². The van der Waals surface area contributed by atoms with Gasteiger partial charge in [-0.3, -0.25) is 15.0 Å². The van der Waals surface area contributed by atoms with Gasteiger partial charge in [0.1, 0.15) is 11.5 Å². The number of hydrogen-bond donors (Lipinski definition) is 3. The molecule has 1 aromatic carbocycles. The summed E-state index contributed by atoms with van der Waals surface area (Å²) in [6.07, 6.45) is 11.7. The molecule has 8 nitrogen and oxygen atoms in total. The maximum absolute atomic E-state index is 14.5. The Morgan fingerprint density at radius 1 is 1.07 bits per heavy atom. The maximum atomic E-state index is 14.5. The third-order valence-electron chi connectivity index (χ3n) is 7.45. The average molecular weight is 549 g/mol. The molecule has 1 fully saturated rings. The van der Waals surface area contributed by atoms with Crippen LogP contribution < -0.4 is 5.32 Å². The molecule has 5 aromatic rings. The van der Waals surface area contributed by atoms with Gasteiger partial charge >= 0.3 is 0 Å². The highest BCUT2D eigenvalue weighted by Crippen LogP contribution is 2.32. The molecule has 0 radical (unpaired) electrons. The van der Waals surface area contributed by atoms with E-state index in [4.69, 9.17) is 4.98 Å². The Bertz CT molecular complexity index is 1740. The minimum absolute atomic E-state index is 0.298. The van der Waals surface area contributed by atoms with Gasteiger partial charge in [-0.2, -0.15) is 5.10 Å². The summed E-state index contributed by atoms with van der Waals surface area (Å²) in [5.74, 6) is 0.329. The summed E-state index contributed by atoms with van der Waals surface area (Å²) >= 11 is 0. The Morgan fingerprint density at radius 3 is 2.71 bits per heavy atom. The van der Waals surface area contributed by atoms with E-state index in [1.807, 2.05) is 44.7 Å². The zero-order valence-corrected chi connectivity index (χ0v) is 23.3. The lowest BCUT2D eigenvalue weighted by atomic mass is 9.98. The second-order valence-electron chi connectivity index (χ2n) is 10.5. The number of aromatic nitrogens is 6. The number of allylic oxidation sites excluding steroid dienone is 2. The molecule has 1 aliphatic heterocycles. The average Bonchev–Trinajstić information content (AvgIpc) is 3.72. The van der Waals surface area contributed by atoms with Crippen molar-refractivity contribution in [2.24, 2.45) is 0 Å². The first-order valence-electron chi connectivity index (χ1n) is 13.9. The van der Waals surface area contributed by atoms with Crippen molar-refractivity contribution in [3.05, 3.63) is 102 Å². The van der Waals surface area contributed by atoms with E-state index in [0.717, 1.165) is 64.2 Å². The van der Waals surface area contributed by atoms with Gasteiger partial charge in [0.15, 0.2) is 11.5 Å². The number of nitrogens with zero attached hydrogens (tertiary/aromatic N) is 5. The van der Waals surface area contributed by atoms with Crippen LogP contribution in [0, 0.1) is 12.7 Å². The number of nitrogens with one attached hydrogen (secondary N) is 3. The molecule has 4 aromatic heterocycles. The lowest BCUT2D eigenvalue weighted by Crippen LogP contribution is -2.18. The van der Waals surface area contributed by atoms with Crippen LogP contribution in [0.5, 0.6) is 0 Å².